The Kier molecular flexibility index (Phi) is 3.62. The van der Waals surface area contributed by atoms with Gasteiger partial charge in [0, 0.05) is 13.6 Å². The van der Waals surface area contributed by atoms with E-state index in [1.165, 1.54) is 5.56 Å². The van der Waals surface area contributed by atoms with Crippen LogP contribution < -0.4 is 10.4 Å². The van der Waals surface area contributed by atoms with Crippen molar-refractivity contribution in [1.82, 2.24) is 5.43 Å². The highest BCUT2D eigenvalue weighted by Crippen LogP contribution is 2.15. The Labute approximate surface area is 101 Å². The summed E-state index contributed by atoms with van der Waals surface area (Å²) in [5.74, 6) is 0.283. The Morgan fingerprint density at radius 2 is 1.65 bits per heavy atom. The first kappa shape index (κ1) is 11.5. The second kappa shape index (κ2) is 5.37. The number of anilines is 1. The van der Waals surface area contributed by atoms with Crippen molar-refractivity contribution in [3.63, 3.8) is 0 Å². The van der Waals surface area contributed by atoms with Crippen molar-refractivity contribution in [2.45, 2.75) is 6.54 Å². The molecule has 0 aliphatic carbocycles. The van der Waals surface area contributed by atoms with Gasteiger partial charge >= 0.3 is 0 Å². The number of phenols is 1. The monoisotopic (exact) mass is 228 g/mol. The molecule has 3 nitrogen and oxygen atoms in total. The third-order valence-electron chi connectivity index (χ3n) is 2.60. The first-order valence-corrected chi connectivity index (χ1v) is 5.56. The van der Waals surface area contributed by atoms with Gasteiger partial charge in [-0.05, 0) is 29.8 Å². The smallest absolute Gasteiger partial charge is 0.115 e. The van der Waals surface area contributed by atoms with Crippen molar-refractivity contribution in [2.24, 2.45) is 0 Å². The molecule has 0 radical (unpaired) electrons. The molecule has 88 valence electrons. The summed E-state index contributed by atoms with van der Waals surface area (Å²) in [7, 11) is 1.95. The molecule has 0 aliphatic heterocycles. The molecule has 0 heterocycles. The van der Waals surface area contributed by atoms with Gasteiger partial charge in [-0.1, -0.05) is 30.3 Å². The summed E-state index contributed by atoms with van der Waals surface area (Å²) in [6, 6.07) is 17.3. The normalized spacial score (nSPS) is 10.2. The van der Waals surface area contributed by atoms with Crippen molar-refractivity contribution in [3.8, 4) is 5.75 Å². The van der Waals surface area contributed by atoms with E-state index in [0.29, 0.717) is 0 Å². The van der Waals surface area contributed by atoms with E-state index >= 15 is 0 Å². The number of hydrogen-bond donors (Lipinski definition) is 2. The van der Waals surface area contributed by atoms with Gasteiger partial charge in [-0.3, -0.25) is 0 Å². The molecular formula is C14H16N2O. The lowest BCUT2D eigenvalue weighted by Gasteiger charge is -2.20. The van der Waals surface area contributed by atoms with Crippen LogP contribution >= 0.6 is 0 Å². The predicted molar refractivity (Wildman–Crippen MR) is 69.8 cm³/mol. The van der Waals surface area contributed by atoms with Crippen LogP contribution in [0.15, 0.2) is 54.6 Å². The van der Waals surface area contributed by atoms with Gasteiger partial charge in [0.05, 0.1) is 5.69 Å². The summed E-state index contributed by atoms with van der Waals surface area (Å²) in [6.45, 7) is 0.776. The highest BCUT2D eigenvalue weighted by atomic mass is 16.3. The fraction of sp³-hybridized carbons (Fsp3) is 0.143. The van der Waals surface area contributed by atoms with E-state index in [4.69, 9.17) is 0 Å². The molecule has 2 rings (SSSR count). The quantitative estimate of drug-likeness (QED) is 0.789. The molecule has 2 N–H and O–H groups in total. The number of rotatable bonds is 4. The van der Waals surface area contributed by atoms with Gasteiger partial charge in [-0.2, -0.15) is 0 Å². The van der Waals surface area contributed by atoms with Crippen molar-refractivity contribution in [2.75, 3.05) is 12.1 Å². The summed E-state index contributed by atoms with van der Waals surface area (Å²) in [5.41, 5.74) is 5.53. The molecule has 0 saturated carbocycles. The van der Waals surface area contributed by atoms with Crippen LogP contribution in [0, 0.1) is 0 Å². The minimum Gasteiger partial charge on any atom is -0.508 e. The number of nitrogens with zero attached hydrogens (tertiary/aromatic N) is 1. The van der Waals surface area contributed by atoms with E-state index in [9.17, 15) is 5.11 Å². The van der Waals surface area contributed by atoms with Crippen molar-refractivity contribution < 1.29 is 5.11 Å². The fourth-order valence-electron chi connectivity index (χ4n) is 1.57. The molecule has 17 heavy (non-hydrogen) atoms. The maximum absolute atomic E-state index is 9.21. The SMILES string of the molecule is CN(NCc1ccccc1)c1ccc(O)cc1. The molecule has 0 atom stereocenters. The highest BCUT2D eigenvalue weighted by molar-refractivity contribution is 5.47. The van der Waals surface area contributed by atoms with Gasteiger partial charge in [-0.25, -0.2) is 5.43 Å². The van der Waals surface area contributed by atoms with Crippen molar-refractivity contribution >= 4 is 5.69 Å². The summed E-state index contributed by atoms with van der Waals surface area (Å²) in [4.78, 5) is 0. The standard InChI is InChI=1S/C14H16N2O/c1-16(13-7-9-14(17)10-8-13)15-11-12-5-3-2-4-6-12/h2-10,15,17H,11H2,1H3. The molecular weight excluding hydrogens is 212 g/mol. The largest absolute Gasteiger partial charge is 0.508 e. The van der Waals surface area contributed by atoms with E-state index in [1.54, 1.807) is 12.1 Å². The summed E-state index contributed by atoms with van der Waals surface area (Å²) >= 11 is 0. The lowest BCUT2D eigenvalue weighted by atomic mass is 10.2. The minimum atomic E-state index is 0.283. The minimum absolute atomic E-state index is 0.283. The molecule has 2 aromatic rings. The molecule has 2 aromatic carbocycles. The van der Waals surface area contributed by atoms with E-state index < -0.39 is 0 Å². The maximum atomic E-state index is 9.21. The first-order chi connectivity index (χ1) is 8.25. The second-order valence-corrected chi connectivity index (χ2v) is 3.90. The number of nitrogens with one attached hydrogen (secondary N) is 1. The highest BCUT2D eigenvalue weighted by Gasteiger charge is 1.99. The molecule has 0 saturated heterocycles. The van der Waals surface area contributed by atoms with Crippen LogP contribution in [0.4, 0.5) is 5.69 Å². The van der Waals surface area contributed by atoms with E-state index in [2.05, 4.69) is 17.6 Å². The van der Waals surface area contributed by atoms with E-state index in [-0.39, 0.29) is 5.75 Å². The molecule has 0 fully saturated rings. The van der Waals surface area contributed by atoms with E-state index in [1.807, 2.05) is 42.4 Å². The van der Waals surface area contributed by atoms with E-state index in [0.717, 1.165) is 12.2 Å². The lowest BCUT2D eigenvalue weighted by molar-refractivity contribution is 0.475. The van der Waals surface area contributed by atoms with Gasteiger partial charge < -0.3 is 10.1 Å². The van der Waals surface area contributed by atoms with Crippen LogP contribution in [0.5, 0.6) is 5.75 Å². The number of hydrogen-bond acceptors (Lipinski definition) is 3. The molecule has 0 amide bonds. The average molecular weight is 228 g/mol. The van der Waals surface area contributed by atoms with Gasteiger partial charge in [0.1, 0.15) is 5.75 Å². The lowest BCUT2D eigenvalue weighted by Crippen LogP contribution is -2.33. The molecule has 0 aromatic heterocycles. The van der Waals surface area contributed by atoms with Gasteiger partial charge in [0.15, 0.2) is 0 Å². The molecule has 0 aliphatic rings. The third kappa shape index (κ3) is 3.23. The Balaban J connectivity index is 1.93. The van der Waals surface area contributed by atoms with Crippen LogP contribution in [0.1, 0.15) is 5.56 Å². The number of phenolic OH excluding ortho intramolecular Hbond substituents is 1. The van der Waals surface area contributed by atoms with Crippen LogP contribution in [0.3, 0.4) is 0 Å². The molecule has 0 bridgehead atoms. The zero-order valence-corrected chi connectivity index (χ0v) is 9.80. The van der Waals surface area contributed by atoms with Gasteiger partial charge in [0.2, 0.25) is 0 Å². The van der Waals surface area contributed by atoms with Gasteiger partial charge in [-0.15, -0.1) is 0 Å². The molecule has 3 heteroatoms. The fourth-order valence-corrected chi connectivity index (χ4v) is 1.57. The Bertz CT molecular complexity index is 453. The summed E-state index contributed by atoms with van der Waals surface area (Å²) < 4.78 is 0. The second-order valence-electron chi connectivity index (χ2n) is 3.90. The number of aromatic hydroxyl groups is 1. The third-order valence-corrected chi connectivity index (χ3v) is 2.60. The average Bonchev–Trinajstić information content (AvgIpc) is 2.38. The summed E-state index contributed by atoms with van der Waals surface area (Å²) in [6.07, 6.45) is 0. The zero-order chi connectivity index (χ0) is 12.1. The Hall–Kier alpha value is -2.00. The van der Waals surface area contributed by atoms with Crippen molar-refractivity contribution in [3.05, 3.63) is 60.2 Å². The molecule has 0 unspecified atom stereocenters. The topological polar surface area (TPSA) is 35.5 Å². The van der Waals surface area contributed by atoms with Crippen LogP contribution in [0.25, 0.3) is 0 Å². The predicted octanol–water partition coefficient (Wildman–Crippen LogP) is 2.53. The Morgan fingerprint density at radius 3 is 2.29 bits per heavy atom. The first-order valence-electron chi connectivity index (χ1n) is 5.56. The molecule has 0 spiro atoms. The summed E-state index contributed by atoms with van der Waals surface area (Å²) in [5, 5.41) is 11.1. The van der Waals surface area contributed by atoms with Gasteiger partial charge in [0.25, 0.3) is 0 Å². The van der Waals surface area contributed by atoms with Crippen LogP contribution in [-0.4, -0.2) is 12.2 Å². The maximum Gasteiger partial charge on any atom is 0.115 e. The number of benzene rings is 2. The van der Waals surface area contributed by atoms with Crippen LogP contribution in [-0.2, 0) is 6.54 Å². The Morgan fingerprint density at radius 1 is 1.00 bits per heavy atom. The van der Waals surface area contributed by atoms with Crippen molar-refractivity contribution in [1.29, 1.82) is 0 Å². The van der Waals surface area contributed by atoms with Crippen LogP contribution in [0.2, 0.25) is 0 Å². The zero-order valence-electron chi connectivity index (χ0n) is 9.80. The number of hydrazine groups is 1.